The molecule has 1 aliphatic rings. The lowest BCUT2D eigenvalue weighted by Gasteiger charge is -2.17. The first-order valence-electron chi connectivity index (χ1n) is 9.53. The second-order valence-corrected chi connectivity index (χ2v) is 6.80. The molecule has 1 aliphatic heterocycles. The number of hydrogen-bond acceptors (Lipinski definition) is 5. The number of rotatable bonds is 7. The predicted octanol–water partition coefficient (Wildman–Crippen LogP) is 2.93. The zero-order chi connectivity index (χ0) is 20.8. The minimum absolute atomic E-state index is 0.0610. The summed E-state index contributed by atoms with van der Waals surface area (Å²) in [6.45, 7) is 4.18. The van der Waals surface area contributed by atoms with Crippen LogP contribution in [-0.2, 0) is 19.1 Å². The van der Waals surface area contributed by atoms with Gasteiger partial charge in [-0.1, -0.05) is 18.2 Å². The fraction of sp³-hybridized carbons (Fsp3) is 0.318. The molecular weight excluding hydrogens is 372 g/mol. The van der Waals surface area contributed by atoms with Crippen molar-refractivity contribution in [3.63, 3.8) is 0 Å². The van der Waals surface area contributed by atoms with Gasteiger partial charge in [0, 0.05) is 24.3 Å². The van der Waals surface area contributed by atoms with E-state index in [9.17, 15) is 14.4 Å². The van der Waals surface area contributed by atoms with E-state index in [2.05, 4.69) is 5.32 Å². The highest BCUT2D eigenvalue weighted by Crippen LogP contribution is 2.27. The molecule has 0 unspecified atom stereocenters. The highest BCUT2D eigenvalue weighted by Gasteiger charge is 2.36. The second kappa shape index (κ2) is 9.23. The number of esters is 1. The van der Waals surface area contributed by atoms with Crippen LogP contribution < -0.4 is 15.0 Å². The molecule has 2 amide bonds. The third-order valence-electron chi connectivity index (χ3n) is 4.68. The molecule has 29 heavy (non-hydrogen) atoms. The van der Waals surface area contributed by atoms with E-state index in [1.165, 1.54) is 0 Å². The van der Waals surface area contributed by atoms with Crippen LogP contribution in [0.4, 0.5) is 11.4 Å². The highest BCUT2D eigenvalue weighted by molar-refractivity contribution is 6.00. The summed E-state index contributed by atoms with van der Waals surface area (Å²) in [6.07, 6.45) is 0.0610. The maximum atomic E-state index is 12.3. The number of carbonyl (C=O) groups is 3. The van der Waals surface area contributed by atoms with Crippen LogP contribution in [-0.4, -0.2) is 37.5 Å². The molecule has 1 fully saturated rings. The predicted molar refractivity (Wildman–Crippen MR) is 109 cm³/mol. The van der Waals surface area contributed by atoms with E-state index in [0.717, 1.165) is 11.3 Å². The Morgan fingerprint density at radius 1 is 1.14 bits per heavy atom. The zero-order valence-corrected chi connectivity index (χ0v) is 16.5. The van der Waals surface area contributed by atoms with Crippen molar-refractivity contribution < 1.29 is 23.9 Å². The van der Waals surface area contributed by atoms with Crippen molar-refractivity contribution >= 4 is 29.2 Å². The number of benzene rings is 2. The summed E-state index contributed by atoms with van der Waals surface area (Å²) in [5, 5.41) is 2.71. The fourth-order valence-electron chi connectivity index (χ4n) is 3.16. The van der Waals surface area contributed by atoms with Crippen molar-refractivity contribution in [2.24, 2.45) is 5.92 Å². The number of hydrogen-bond donors (Lipinski definition) is 1. The van der Waals surface area contributed by atoms with Gasteiger partial charge in [0.1, 0.15) is 5.75 Å². The molecule has 1 atom stereocenters. The molecule has 0 spiro atoms. The summed E-state index contributed by atoms with van der Waals surface area (Å²) in [5.74, 6) is -0.994. The van der Waals surface area contributed by atoms with E-state index < -0.39 is 17.8 Å². The lowest BCUT2D eigenvalue weighted by atomic mass is 10.1. The molecule has 1 heterocycles. The Kier molecular flexibility index (Phi) is 6.49. The molecule has 0 saturated carbocycles. The molecule has 0 aliphatic carbocycles. The van der Waals surface area contributed by atoms with Crippen LogP contribution in [0.25, 0.3) is 0 Å². The summed E-state index contributed by atoms with van der Waals surface area (Å²) in [6, 6.07) is 14.5. The van der Waals surface area contributed by atoms with Crippen LogP contribution in [0.1, 0.15) is 18.9 Å². The van der Waals surface area contributed by atoms with Gasteiger partial charge in [-0.3, -0.25) is 14.4 Å². The standard InChI is InChI=1S/C22H24N2O5/c1-3-28-18-10-8-17(9-11-18)24-13-16(12-21(24)26)22(27)29-14-20(25)23-19-7-5-4-6-15(19)2/h4-11,16H,3,12-14H2,1-2H3,(H,23,25)/t16-/m0/s1. The summed E-state index contributed by atoms with van der Waals surface area (Å²) >= 11 is 0. The summed E-state index contributed by atoms with van der Waals surface area (Å²) in [4.78, 5) is 38.2. The van der Waals surface area contributed by atoms with Gasteiger partial charge < -0.3 is 19.7 Å². The Morgan fingerprint density at radius 2 is 1.86 bits per heavy atom. The number of para-hydroxylation sites is 1. The van der Waals surface area contributed by atoms with E-state index in [4.69, 9.17) is 9.47 Å². The molecule has 1 saturated heterocycles. The van der Waals surface area contributed by atoms with Crippen LogP contribution in [0, 0.1) is 12.8 Å². The first-order valence-corrected chi connectivity index (χ1v) is 9.53. The summed E-state index contributed by atoms with van der Waals surface area (Å²) in [7, 11) is 0. The van der Waals surface area contributed by atoms with Gasteiger partial charge in [0.05, 0.1) is 12.5 Å². The number of nitrogens with zero attached hydrogens (tertiary/aromatic N) is 1. The quantitative estimate of drug-likeness (QED) is 0.728. The molecule has 0 radical (unpaired) electrons. The molecule has 3 rings (SSSR count). The number of aryl methyl sites for hydroxylation is 1. The molecule has 7 nitrogen and oxygen atoms in total. The molecule has 2 aromatic carbocycles. The van der Waals surface area contributed by atoms with Crippen molar-refractivity contribution in [1.29, 1.82) is 0 Å². The lowest BCUT2D eigenvalue weighted by Crippen LogP contribution is -2.28. The van der Waals surface area contributed by atoms with Gasteiger partial charge in [-0.25, -0.2) is 0 Å². The van der Waals surface area contributed by atoms with Gasteiger partial charge in [-0.2, -0.15) is 0 Å². The third-order valence-corrected chi connectivity index (χ3v) is 4.68. The highest BCUT2D eigenvalue weighted by atomic mass is 16.5. The van der Waals surface area contributed by atoms with Crippen molar-refractivity contribution in [3.8, 4) is 5.75 Å². The monoisotopic (exact) mass is 396 g/mol. The van der Waals surface area contributed by atoms with E-state index in [1.54, 1.807) is 35.2 Å². The Bertz CT molecular complexity index is 894. The number of ether oxygens (including phenoxy) is 2. The SMILES string of the molecule is CCOc1ccc(N2C[C@@H](C(=O)OCC(=O)Nc3ccccc3C)CC2=O)cc1. The Morgan fingerprint density at radius 3 is 2.55 bits per heavy atom. The van der Waals surface area contributed by atoms with Crippen LogP contribution in [0.5, 0.6) is 5.75 Å². The molecule has 2 aromatic rings. The third kappa shape index (κ3) is 5.13. The maximum absolute atomic E-state index is 12.3. The van der Waals surface area contributed by atoms with Crippen LogP contribution in [0.3, 0.4) is 0 Å². The minimum Gasteiger partial charge on any atom is -0.494 e. The lowest BCUT2D eigenvalue weighted by molar-refractivity contribution is -0.151. The molecule has 0 aromatic heterocycles. The van der Waals surface area contributed by atoms with Crippen LogP contribution in [0.15, 0.2) is 48.5 Å². The second-order valence-electron chi connectivity index (χ2n) is 6.80. The average molecular weight is 396 g/mol. The van der Waals surface area contributed by atoms with E-state index >= 15 is 0 Å². The molecule has 1 N–H and O–H groups in total. The fourth-order valence-corrected chi connectivity index (χ4v) is 3.16. The smallest absolute Gasteiger partial charge is 0.311 e. The van der Waals surface area contributed by atoms with Gasteiger partial charge in [0.25, 0.3) is 5.91 Å². The van der Waals surface area contributed by atoms with Crippen molar-refractivity contribution in [3.05, 3.63) is 54.1 Å². The first kappa shape index (κ1) is 20.4. The summed E-state index contributed by atoms with van der Waals surface area (Å²) in [5.41, 5.74) is 2.29. The van der Waals surface area contributed by atoms with Gasteiger partial charge in [-0.15, -0.1) is 0 Å². The van der Waals surface area contributed by atoms with Gasteiger partial charge >= 0.3 is 5.97 Å². The van der Waals surface area contributed by atoms with Gasteiger partial charge in [-0.05, 0) is 49.7 Å². The van der Waals surface area contributed by atoms with E-state index in [0.29, 0.717) is 18.0 Å². The van der Waals surface area contributed by atoms with Crippen molar-refractivity contribution in [2.75, 3.05) is 30.0 Å². The van der Waals surface area contributed by atoms with E-state index in [-0.39, 0.29) is 25.5 Å². The molecule has 0 bridgehead atoms. The normalized spacial score (nSPS) is 15.9. The number of amides is 2. The first-order chi connectivity index (χ1) is 14.0. The number of anilines is 2. The van der Waals surface area contributed by atoms with Crippen LogP contribution >= 0.6 is 0 Å². The maximum Gasteiger partial charge on any atom is 0.311 e. The Hall–Kier alpha value is -3.35. The molecular formula is C22H24N2O5. The van der Waals surface area contributed by atoms with Gasteiger partial charge in [0.15, 0.2) is 6.61 Å². The van der Waals surface area contributed by atoms with E-state index in [1.807, 2.05) is 32.0 Å². The van der Waals surface area contributed by atoms with Crippen LogP contribution in [0.2, 0.25) is 0 Å². The average Bonchev–Trinajstić information content (AvgIpc) is 3.10. The zero-order valence-electron chi connectivity index (χ0n) is 16.5. The Labute approximate surface area is 169 Å². The topological polar surface area (TPSA) is 84.9 Å². The summed E-state index contributed by atoms with van der Waals surface area (Å²) < 4.78 is 10.5. The van der Waals surface area contributed by atoms with Gasteiger partial charge in [0.2, 0.25) is 5.91 Å². The van der Waals surface area contributed by atoms with Crippen molar-refractivity contribution in [2.45, 2.75) is 20.3 Å². The number of carbonyl (C=O) groups excluding carboxylic acids is 3. The minimum atomic E-state index is -0.597. The molecule has 152 valence electrons. The Balaban J connectivity index is 1.52. The van der Waals surface area contributed by atoms with Crippen molar-refractivity contribution in [1.82, 2.24) is 0 Å². The molecule has 7 heteroatoms. The number of nitrogens with one attached hydrogen (secondary N) is 1. The largest absolute Gasteiger partial charge is 0.494 e.